The lowest BCUT2D eigenvalue weighted by Gasteiger charge is -2.06. The molecule has 0 aliphatic carbocycles. The van der Waals surface area contributed by atoms with Gasteiger partial charge in [0.25, 0.3) is 0 Å². The van der Waals surface area contributed by atoms with Crippen molar-refractivity contribution in [1.29, 1.82) is 0 Å². The predicted molar refractivity (Wildman–Crippen MR) is 98.6 cm³/mol. The molecule has 3 rings (SSSR count). The topological polar surface area (TPSA) is 47.9 Å². The highest BCUT2D eigenvalue weighted by Gasteiger charge is 2.26. The van der Waals surface area contributed by atoms with Crippen LogP contribution in [-0.2, 0) is 9.63 Å². The Morgan fingerprint density at radius 1 is 1.16 bits per heavy atom. The highest BCUT2D eigenvalue weighted by molar-refractivity contribution is 6.31. The number of rotatable bonds is 6. The zero-order valence-corrected chi connectivity index (χ0v) is 14.5. The highest BCUT2D eigenvalue weighted by atomic mass is 16.7. The maximum absolute atomic E-state index is 12.1. The van der Waals surface area contributed by atoms with Gasteiger partial charge in [-0.1, -0.05) is 54.4 Å². The molecule has 0 atom stereocenters. The van der Waals surface area contributed by atoms with Gasteiger partial charge in [-0.05, 0) is 43.2 Å². The highest BCUT2D eigenvalue weighted by Crippen LogP contribution is 2.22. The van der Waals surface area contributed by atoms with Crippen LogP contribution in [0, 0.1) is 6.92 Å². The Bertz CT molecular complexity index is 819. The summed E-state index contributed by atoms with van der Waals surface area (Å²) in [6.45, 7) is 4.85. The first kappa shape index (κ1) is 17.0. The lowest BCUT2D eigenvalue weighted by atomic mass is 9.99. The fourth-order valence-corrected chi connectivity index (χ4v) is 2.57. The molecule has 0 N–H and O–H groups in total. The number of hydrogen-bond donors (Lipinski definition) is 0. The van der Waals surface area contributed by atoms with E-state index in [0.29, 0.717) is 17.9 Å². The maximum atomic E-state index is 12.1. The van der Waals surface area contributed by atoms with Crippen molar-refractivity contribution in [3.63, 3.8) is 0 Å². The molecule has 0 saturated heterocycles. The fourth-order valence-electron chi connectivity index (χ4n) is 2.57. The summed E-state index contributed by atoms with van der Waals surface area (Å²) in [5.74, 6) is 0.400. The molecule has 0 amide bonds. The first-order valence-corrected chi connectivity index (χ1v) is 8.48. The van der Waals surface area contributed by atoms with Crippen molar-refractivity contribution in [3.8, 4) is 5.75 Å². The summed E-state index contributed by atoms with van der Waals surface area (Å²) in [5, 5.41) is 3.95. The van der Waals surface area contributed by atoms with E-state index in [1.54, 1.807) is 6.08 Å². The van der Waals surface area contributed by atoms with E-state index in [2.05, 4.69) is 12.1 Å². The van der Waals surface area contributed by atoms with Crippen molar-refractivity contribution < 1.29 is 14.4 Å². The van der Waals surface area contributed by atoms with E-state index in [1.165, 1.54) is 0 Å². The third-order valence-electron chi connectivity index (χ3n) is 3.94. The first-order valence-electron chi connectivity index (χ1n) is 8.48. The van der Waals surface area contributed by atoms with Crippen molar-refractivity contribution in [2.24, 2.45) is 5.16 Å². The molecule has 25 heavy (non-hydrogen) atoms. The van der Waals surface area contributed by atoms with E-state index in [1.807, 2.05) is 55.5 Å². The zero-order chi connectivity index (χ0) is 17.6. The molecule has 0 fully saturated rings. The summed E-state index contributed by atoms with van der Waals surface area (Å²) in [5.41, 5.74) is 3.91. The molecule has 0 unspecified atom stereocenters. The van der Waals surface area contributed by atoms with Gasteiger partial charge in [0, 0.05) is 5.56 Å². The van der Waals surface area contributed by atoms with Gasteiger partial charge in [0.1, 0.15) is 11.5 Å². The van der Waals surface area contributed by atoms with Gasteiger partial charge in [0.05, 0.1) is 12.2 Å². The summed E-state index contributed by atoms with van der Waals surface area (Å²) in [6, 6.07) is 15.5. The lowest BCUT2D eigenvalue weighted by Crippen LogP contribution is -2.07. The number of ether oxygens (including phenoxy) is 1. The van der Waals surface area contributed by atoms with Crippen LogP contribution in [0.5, 0.6) is 5.75 Å². The number of oxime groups is 1. The van der Waals surface area contributed by atoms with Gasteiger partial charge < -0.3 is 9.57 Å². The largest absolute Gasteiger partial charge is 0.494 e. The van der Waals surface area contributed by atoms with Crippen LogP contribution in [-0.4, -0.2) is 18.3 Å². The number of aryl methyl sites for hydroxylation is 1. The van der Waals surface area contributed by atoms with E-state index in [-0.39, 0.29) is 0 Å². The molecule has 1 aliphatic heterocycles. The molecule has 0 bridgehead atoms. The van der Waals surface area contributed by atoms with Crippen molar-refractivity contribution in [2.75, 3.05) is 6.61 Å². The van der Waals surface area contributed by atoms with Crippen molar-refractivity contribution >= 4 is 17.8 Å². The van der Waals surface area contributed by atoms with E-state index in [0.717, 1.165) is 35.3 Å². The lowest BCUT2D eigenvalue weighted by molar-refractivity contribution is -0.136. The number of carbonyl (C=O) groups is 1. The van der Waals surface area contributed by atoms with E-state index >= 15 is 0 Å². The molecule has 4 heteroatoms. The van der Waals surface area contributed by atoms with Crippen LogP contribution in [0.2, 0.25) is 0 Å². The smallest absolute Gasteiger partial charge is 0.368 e. The minimum atomic E-state index is -0.431. The van der Waals surface area contributed by atoms with Crippen LogP contribution in [0.4, 0.5) is 0 Å². The number of unbranched alkanes of at least 4 members (excludes halogenated alkanes) is 1. The van der Waals surface area contributed by atoms with Crippen LogP contribution >= 0.6 is 0 Å². The molecule has 0 spiro atoms. The normalized spacial score (nSPS) is 15.2. The molecule has 0 saturated carbocycles. The number of nitrogens with zero attached hydrogens (tertiary/aromatic N) is 1. The Hall–Kier alpha value is -2.88. The average Bonchev–Trinajstić information content (AvgIpc) is 2.97. The maximum Gasteiger partial charge on any atom is 0.368 e. The number of benzene rings is 2. The molecule has 1 aliphatic rings. The van der Waals surface area contributed by atoms with E-state index < -0.39 is 5.97 Å². The molecule has 1 heterocycles. The number of carbonyl (C=O) groups excluding carboxylic acids is 1. The van der Waals surface area contributed by atoms with Gasteiger partial charge in [-0.15, -0.1) is 0 Å². The molecule has 0 radical (unpaired) electrons. The summed E-state index contributed by atoms with van der Waals surface area (Å²) >= 11 is 0. The Kier molecular flexibility index (Phi) is 5.29. The third kappa shape index (κ3) is 4.15. The van der Waals surface area contributed by atoms with Gasteiger partial charge >= 0.3 is 5.97 Å². The van der Waals surface area contributed by atoms with Gasteiger partial charge in [-0.3, -0.25) is 0 Å². The van der Waals surface area contributed by atoms with Crippen molar-refractivity contribution in [3.05, 3.63) is 70.8 Å². The molecular weight excluding hydrogens is 314 g/mol. The predicted octanol–water partition coefficient (Wildman–Crippen LogP) is 4.52. The van der Waals surface area contributed by atoms with Crippen LogP contribution in [0.25, 0.3) is 6.08 Å². The molecule has 2 aromatic rings. The SMILES string of the molecule is CCCCOc1ccc(/C=C2\C(=O)ON=C2c2cccc(C)c2)cc1. The fraction of sp³-hybridized carbons (Fsp3) is 0.238. The quantitative estimate of drug-likeness (QED) is 0.443. The summed E-state index contributed by atoms with van der Waals surface area (Å²) < 4.78 is 5.66. The summed E-state index contributed by atoms with van der Waals surface area (Å²) in [7, 11) is 0. The van der Waals surface area contributed by atoms with Crippen LogP contribution in [0.3, 0.4) is 0 Å². The molecule has 128 valence electrons. The van der Waals surface area contributed by atoms with Crippen LogP contribution in [0.15, 0.2) is 59.3 Å². The zero-order valence-electron chi connectivity index (χ0n) is 14.5. The first-order chi connectivity index (χ1) is 12.2. The summed E-state index contributed by atoms with van der Waals surface area (Å²) in [6.07, 6.45) is 3.94. The van der Waals surface area contributed by atoms with E-state index in [9.17, 15) is 4.79 Å². The Morgan fingerprint density at radius 2 is 1.96 bits per heavy atom. The Morgan fingerprint density at radius 3 is 2.68 bits per heavy atom. The number of hydrogen-bond acceptors (Lipinski definition) is 4. The second kappa shape index (κ2) is 7.79. The average molecular weight is 335 g/mol. The second-order valence-electron chi connectivity index (χ2n) is 6.02. The van der Waals surface area contributed by atoms with Gasteiger partial charge in [0.2, 0.25) is 0 Å². The molecular formula is C21H21NO3. The van der Waals surface area contributed by atoms with Crippen LogP contribution < -0.4 is 4.74 Å². The van der Waals surface area contributed by atoms with E-state index in [4.69, 9.17) is 9.57 Å². The second-order valence-corrected chi connectivity index (χ2v) is 6.02. The van der Waals surface area contributed by atoms with Gasteiger partial charge in [-0.25, -0.2) is 4.79 Å². The third-order valence-corrected chi connectivity index (χ3v) is 3.94. The Balaban J connectivity index is 1.81. The van der Waals surface area contributed by atoms with Crippen molar-refractivity contribution in [2.45, 2.75) is 26.7 Å². The molecule has 0 aromatic heterocycles. The van der Waals surface area contributed by atoms with Crippen LogP contribution in [0.1, 0.15) is 36.5 Å². The Labute approximate surface area is 147 Å². The minimum Gasteiger partial charge on any atom is -0.494 e. The molecule has 4 nitrogen and oxygen atoms in total. The van der Waals surface area contributed by atoms with Gasteiger partial charge in [0.15, 0.2) is 0 Å². The monoisotopic (exact) mass is 335 g/mol. The minimum absolute atomic E-state index is 0.431. The summed E-state index contributed by atoms with van der Waals surface area (Å²) in [4.78, 5) is 16.9. The van der Waals surface area contributed by atoms with Crippen molar-refractivity contribution in [1.82, 2.24) is 0 Å². The standard InChI is InChI=1S/C21H21NO3/c1-3-4-12-24-18-10-8-16(9-11-18)14-19-20(22-25-21(19)23)17-7-5-6-15(2)13-17/h5-11,13-14H,3-4,12H2,1-2H3/b19-14-. The van der Waals surface area contributed by atoms with Gasteiger partial charge in [-0.2, -0.15) is 0 Å². The molecule has 2 aromatic carbocycles.